The minimum absolute atomic E-state index is 0.120. The Morgan fingerprint density at radius 1 is 0.362 bits per heavy atom. The average molecular weight is 803 g/mol. The van der Waals surface area contributed by atoms with Crippen LogP contribution in [0.5, 0.6) is 0 Å². The Balaban J connectivity index is 4.57. The molecule has 0 radical (unpaired) electrons. The second kappa shape index (κ2) is 45.8. The van der Waals surface area contributed by atoms with Crippen LogP contribution in [0, 0.1) is 0 Å². The lowest BCUT2D eigenvalue weighted by atomic mass is 10.0. The number of hydrogen-bond donors (Lipinski definition) is 0. The molecule has 0 fully saturated rings. The highest BCUT2D eigenvalue weighted by atomic mass is 16.6. The topological polar surface area (TPSA) is 78.9 Å². The van der Waals surface area contributed by atoms with E-state index in [4.69, 9.17) is 14.2 Å². The molecule has 0 aliphatic rings. The van der Waals surface area contributed by atoms with E-state index in [2.05, 4.69) is 39.0 Å². The predicted molar refractivity (Wildman–Crippen MR) is 247 cm³/mol. The molecule has 0 aromatic rings. The second-order valence-electron chi connectivity index (χ2n) is 14.8. The molecule has 0 aromatic carbocycles. The van der Waals surface area contributed by atoms with Gasteiger partial charge in [0.15, 0.2) is 6.10 Å². The van der Waals surface area contributed by atoms with Crippen LogP contribution in [0.25, 0.3) is 0 Å². The van der Waals surface area contributed by atoms with Crippen LogP contribution < -0.4 is 0 Å². The van der Waals surface area contributed by atoms with E-state index in [1.807, 2.05) is 91.1 Å². The molecular weight excluding hydrogens is 721 g/mol. The van der Waals surface area contributed by atoms with Crippen molar-refractivity contribution in [2.24, 2.45) is 0 Å². The quantitative estimate of drug-likeness (QED) is 0.0267. The van der Waals surface area contributed by atoms with Crippen molar-refractivity contribution >= 4 is 17.9 Å². The first kappa shape index (κ1) is 54.1. The predicted octanol–water partition coefficient (Wildman–Crippen LogP) is 14.8. The van der Waals surface area contributed by atoms with Crippen LogP contribution in [0.2, 0.25) is 0 Å². The Kier molecular flexibility index (Phi) is 42.7. The molecule has 0 spiro atoms. The lowest BCUT2D eigenvalue weighted by molar-refractivity contribution is -0.167. The highest BCUT2D eigenvalue weighted by Crippen LogP contribution is 2.14. The summed E-state index contributed by atoms with van der Waals surface area (Å²) in [7, 11) is 0. The molecule has 0 aliphatic heterocycles. The molecule has 6 nitrogen and oxygen atoms in total. The second-order valence-corrected chi connectivity index (χ2v) is 14.8. The summed E-state index contributed by atoms with van der Waals surface area (Å²) in [4.78, 5) is 37.7. The van der Waals surface area contributed by atoms with Crippen LogP contribution in [0.4, 0.5) is 0 Å². The third kappa shape index (κ3) is 43.2. The number of allylic oxidation sites excluding steroid dienone is 18. The van der Waals surface area contributed by atoms with Crippen LogP contribution in [0.15, 0.2) is 109 Å². The molecule has 6 heteroatoms. The highest BCUT2D eigenvalue weighted by Gasteiger charge is 2.19. The first-order valence-electron chi connectivity index (χ1n) is 23.0. The number of hydrogen-bond acceptors (Lipinski definition) is 6. The number of carbonyl (C=O) groups excluding carboxylic acids is 3. The normalized spacial score (nSPS) is 13.1. The Morgan fingerprint density at radius 2 is 0.690 bits per heavy atom. The standard InChI is InChI=1S/C52H82O6/c1-4-7-10-13-16-19-22-25-28-30-33-36-39-42-45-51(54)57-48-49(58-52(55)46-43-40-37-34-31-27-24-21-18-15-12-9-6-3)47-56-50(53)44-41-38-35-32-29-26-23-20-17-14-11-8-5-2/h8-9,11-12,14-15,17-18,20-21,23-24,26-27,29,31,34,37,49H,4-7,10,13,16,19,22,25,28,30,32-33,35-36,38-48H2,1-3H3/b11-8-,12-9-,17-14-,18-15-,23-20-,24-21-,29-26-,31-27-,37-34-. The molecular formula is C52H82O6. The maximum atomic E-state index is 12.7. The van der Waals surface area contributed by atoms with Crippen molar-refractivity contribution in [1.29, 1.82) is 0 Å². The fourth-order valence-corrected chi connectivity index (χ4v) is 5.83. The monoisotopic (exact) mass is 803 g/mol. The first-order valence-corrected chi connectivity index (χ1v) is 23.0. The van der Waals surface area contributed by atoms with E-state index in [0.29, 0.717) is 19.3 Å². The zero-order valence-corrected chi connectivity index (χ0v) is 37.0. The molecule has 0 N–H and O–H groups in total. The van der Waals surface area contributed by atoms with E-state index in [-0.39, 0.29) is 31.6 Å². The molecule has 0 aliphatic carbocycles. The van der Waals surface area contributed by atoms with Crippen LogP contribution in [0.1, 0.15) is 181 Å². The fraction of sp³-hybridized carbons (Fsp3) is 0.596. The van der Waals surface area contributed by atoms with Gasteiger partial charge in [0.05, 0.1) is 0 Å². The fourth-order valence-electron chi connectivity index (χ4n) is 5.83. The zero-order chi connectivity index (χ0) is 42.3. The Labute approximate surface area is 355 Å². The van der Waals surface area contributed by atoms with Gasteiger partial charge in [-0.05, 0) is 51.4 Å². The van der Waals surface area contributed by atoms with Gasteiger partial charge in [0.1, 0.15) is 13.2 Å². The highest BCUT2D eigenvalue weighted by molar-refractivity contribution is 5.71. The molecule has 1 unspecified atom stereocenters. The van der Waals surface area contributed by atoms with Crippen LogP contribution in [-0.4, -0.2) is 37.2 Å². The SMILES string of the molecule is CC\C=C/C=C\C=C/C=C\C=C/CCCC(=O)OC(COC(=O)CCCCC\C=C/C=C\C=C/C=C\CC)COC(=O)CCCCCCCCCCCCCCCC. The number of esters is 3. The van der Waals surface area contributed by atoms with Gasteiger partial charge in [-0.3, -0.25) is 14.4 Å². The van der Waals surface area contributed by atoms with E-state index in [1.54, 1.807) is 0 Å². The van der Waals surface area contributed by atoms with Crippen molar-refractivity contribution in [3.05, 3.63) is 109 Å². The lowest BCUT2D eigenvalue weighted by Gasteiger charge is -2.18. The van der Waals surface area contributed by atoms with Crippen LogP contribution in [-0.2, 0) is 28.6 Å². The summed E-state index contributed by atoms with van der Waals surface area (Å²) in [5.74, 6) is -1.05. The summed E-state index contributed by atoms with van der Waals surface area (Å²) in [5.41, 5.74) is 0. The zero-order valence-electron chi connectivity index (χ0n) is 37.0. The van der Waals surface area contributed by atoms with Crippen molar-refractivity contribution in [3.8, 4) is 0 Å². The maximum Gasteiger partial charge on any atom is 0.306 e. The van der Waals surface area contributed by atoms with E-state index in [1.165, 1.54) is 70.6 Å². The summed E-state index contributed by atoms with van der Waals surface area (Å²) in [6.45, 7) is 6.23. The number of rotatable bonds is 39. The van der Waals surface area contributed by atoms with Gasteiger partial charge >= 0.3 is 17.9 Å². The molecule has 0 bridgehead atoms. The summed E-state index contributed by atoms with van der Waals surface area (Å²) in [6, 6.07) is 0. The minimum Gasteiger partial charge on any atom is -0.462 e. The van der Waals surface area contributed by atoms with Crippen molar-refractivity contribution in [1.82, 2.24) is 0 Å². The number of unbranched alkanes of at least 4 members (excludes halogenated alkanes) is 17. The van der Waals surface area contributed by atoms with Gasteiger partial charge in [0, 0.05) is 19.3 Å². The van der Waals surface area contributed by atoms with E-state index < -0.39 is 12.1 Å². The Morgan fingerprint density at radius 3 is 1.10 bits per heavy atom. The van der Waals surface area contributed by atoms with Gasteiger partial charge < -0.3 is 14.2 Å². The van der Waals surface area contributed by atoms with Gasteiger partial charge in [-0.1, -0.05) is 220 Å². The van der Waals surface area contributed by atoms with Crippen molar-refractivity contribution in [2.75, 3.05) is 13.2 Å². The van der Waals surface area contributed by atoms with Gasteiger partial charge in [-0.2, -0.15) is 0 Å². The molecule has 0 saturated carbocycles. The van der Waals surface area contributed by atoms with E-state index in [9.17, 15) is 14.4 Å². The summed E-state index contributed by atoms with van der Waals surface area (Å²) >= 11 is 0. The maximum absolute atomic E-state index is 12.7. The molecule has 326 valence electrons. The molecule has 58 heavy (non-hydrogen) atoms. The van der Waals surface area contributed by atoms with Gasteiger partial charge in [-0.25, -0.2) is 0 Å². The molecule has 0 heterocycles. The number of carbonyl (C=O) groups is 3. The Hall–Kier alpha value is -3.93. The van der Waals surface area contributed by atoms with E-state index >= 15 is 0 Å². The molecule has 0 saturated heterocycles. The molecule has 1 atom stereocenters. The van der Waals surface area contributed by atoms with Crippen molar-refractivity contribution < 1.29 is 28.6 Å². The third-order valence-corrected chi connectivity index (χ3v) is 9.25. The smallest absolute Gasteiger partial charge is 0.306 e. The summed E-state index contributed by atoms with van der Waals surface area (Å²) < 4.78 is 16.6. The Bertz CT molecular complexity index is 1240. The summed E-state index contributed by atoms with van der Waals surface area (Å²) in [6.07, 6.45) is 60.8. The number of ether oxygens (including phenoxy) is 3. The largest absolute Gasteiger partial charge is 0.462 e. The first-order chi connectivity index (χ1) is 28.5. The molecule has 0 aromatic heterocycles. The molecule has 0 rings (SSSR count). The van der Waals surface area contributed by atoms with Gasteiger partial charge in [0.25, 0.3) is 0 Å². The van der Waals surface area contributed by atoms with Crippen LogP contribution >= 0.6 is 0 Å². The van der Waals surface area contributed by atoms with Crippen LogP contribution in [0.3, 0.4) is 0 Å². The van der Waals surface area contributed by atoms with Crippen molar-refractivity contribution in [2.45, 2.75) is 187 Å². The van der Waals surface area contributed by atoms with E-state index in [0.717, 1.165) is 64.2 Å². The summed E-state index contributed by atoms with van der Waals surface area (Å²) in [5, 5.41) is 0. The third-order valence-electron chi connectivity index (χ3n) is 9.25. The van der Waals surface area contributed by atoms with Gasteiger partial charge in [0.2, 0.25) is 0 Å². The average Bonchev–Trinajstić information content (AvgIpc) is 3.22. The van der Waals surface area contributed by atoms with Crippen molar-refractivity contribution in [3.63, 3.8) is 0 Å². The minimum atomic E-state index is -0.829. The van der Waals surface area contributed by atoms with Gasteiger partial charge in [-0.15, -0.1) is 0 Å². The molecule has 0 amide bonds. The lowest BCUT2D eigenvalue weighted by Crippen LogP contribution is -2.30.